The molecule has 140 valence electrons. The van der Waals surface area contributed by atoms with Crippen LogP contribution in [0.15, 0.2) is 59.5 Å². The predicted molar refractivity (Wildman–Crippen MR) is 101 cm³/mol. The third-order valence-electron chi connectivity index (χ3n) is 3.84. The van der Waals surface area contributed by atoms with E-state index in [1.54, 1.807) is 12.1 Å². The molecule has 0 radical (unpaired) electrons. The number of esters is 1. The number of ether oxygens (including phenoxy) is 1. The van der Waals surface area contributed by atoms with Crippen LogP contribution in [0.2, 0.25) is 0 Å². The quantitative estimate of drug-likeness (QED) is 0.718. The Bertz CT molecular complexity index is 815. The summed E-state index contributed by atoms with van der Waals surface area (Å²) < 4.78 is 33.0. The fourth-order valence-electron chi connectivity index (χ4n) is 2.47. The van der Waals surface area contributed by atoms with Crippen LogP contribution in [0.25, 0.3) is 0 Å². The lowest BCUT2D eigenvalue weighted by molar-refractivity contribution is -0.147. The average Bonchev–Trinajstić information content (AvgIpc) is 2.60. The Morgan fingerprint density at radius 3 is 2.23 bits per heavy atom. The molecule has 0 aliphatic heterocycles. The smallest absolute Gasteiger partial charge is 0.324 e. The Labute approximate surface area is 155 Å². The molecule has 0 saturated carbocycles. The van der Waals surface area contributed by atoms with E-state index in [1.807, 2.05) is 51.1 Å². The predicted octanol–water partition coefficient (Wildman–Crippen LogP) is 3.43. The van der Waals surface area contributed by atoms with Crippen LogP contribution < -0.4 is 4.72 Å². The molecule has 0 heterocycles. The van der Waals surface area contributed by atoms with Crippen molar-refractivity contribution in [2.45, 2.75) is 44.7 Å². The topological polar surface area (TPSA) is 72.5 Å². The second kappa shape index (κ2) is 8.96. The van der Waals surface area contributed by atoms with E-state index in [1.165, 1.54) is 12.1 Å². The standard InChI is InChI=1S/C20H25NO4S/c1-15(2)13-19(20(22)25-14-17-7-5-4-6-8-17)21-26(23,24)18-11-9-16(3)10-12-18/h4-12,15,19,21H,13-14H2,1-3H3/t19-/m0/s1. The van der Waals surface area contributed by atoms with Crippen LogP contribution in [0, 0.1) is 12.8 Å². The number of aryl methyl sites for hydroxylation is 1. The molecule has 0 aliphatic carbocycles. The molecule has 0 spiro atoms. The normalized spacial score (nSPS) is 12.8. The van der Waals surface area contributed by atoms with E-state index in [2.05, 4.69) is 4.72 Å². The zero-order valence-corrected chi connectivity index (χ0v) is 16.1. The van der Waals surface area contributed by atoms with Gasteiger partial charge in [-0.2, -0.15) is 4.72 Å². The van der Waals surface area contributed by atoms with Gasteiger partial charge in [-0.1, -0.05) is 61.9 Å². The third-order valence-corrected chi connectivity index (χ3v) is 5.33. The number of carbonyl (C=O) groups excluding carboxylic acids is 1. The minimum absolute atomic E-state index is 0.112. The molecular weight excluding hydrogens is 350 g/mol. The van der Waals surface area contributed by atoms with Crippen LogP contribution >= 0.6 is 0 Å². The van der Waals surface area contributed by atoms with E-state index in [4.69, 9.17) is 4.74 Å². The molecular formula is C20H25NO4S. The number of carbonyl (C=O) groups is 1. The Hall–Kier alpha value is -2.18. The first-order valence-corrected chi connectivity index (χ1v) is 10.1. The average molecular weight is 375 g/mol. The number of hydrogen-bond acceptors (Lipinski definition) is 4. The first-order valence-electron chi connectivity index (χ1n) is 8.57. The van der Waals surface area contributed by atoms with E-state index in [9.17, 15) is 13.2 Å². The summed E-state index contributed by atoms with van der Waals surface area (Å²) in [6.45, 7) is 5.85. The number of hydrogen-bond donors (Lipinski definition) is 1. The van der Waals surface area contributed by atoms with Crippen LogP contribution in [0.4, 0.5) is 0 Å². The van der Waals surface area contributed by atoms with Crippen LogP contribution in [0.3, 0.4) is 0 Å². The highest BCUT2D eigenvalue weighted by molar-refractivity contribution is 7.89. The number of nitrogens with one attached hydrogen (secondary N) is 1. The minimum atomic E-state index is -3.80. The number of rotatable bonds is 8. The van der Waals surface area contributed by atoms with E-state index in [0.717, 1.165) is 11.1 Å². The van der Waals surface area contributed by atoms with Gasteiger partial charge < -0.3 is 4.74 Å². The second-order valence-corrected chi connectivity index (χ2v) is 8.42. The zero-order valence-electron chi connectivity index (χ0n) is 15.3. The van der Waals surface area contributed by atoms with Gasteiger partial charge in [0.15, 0.2) is 0 Å². The van der Waals surface area contributed by atoms with Gasteiger partial charge in [0.2, 0.25) is 10.0 Å². The lowest BCUT2D eigenvalue weighted by Gasteiger charge is -2.19. The molecule has 26 heavy (non-hydrogen) atoms. The summed E-state index contributed by atoms with van der Waals surface area (Å²) >= 11 is 0. The fraction of sp³-hybridized carbons (Fsp3) is 0.350. The molecule has 6 heteroatoms. The van der Waals surface area contributed by atoms with Gasteiger partial charge in [0.05, 0.1) is 4.90 Å². The molecule has 0 fully saturated rings. The Morgan fingerprint density at radius 2 is 1.65 bits per heavy atom. The third kappa shape index (κ3) is 5.97. The molecule has 1 N–H and O–H groups in total. The highest BCUT2D eigenvalue weighted by atomic mass is 32.2. The van der Waals surface area contributed by atoms with Crippen molar-refractivity contribution in [3.05, 3.63) is 65.7 Å². The van der Waals surface area contributed by atoms with Crippen LogP contribution in [-0.2, 0) is 26.2 Å². The summed E-state index contributed by atoms with van der Waals surface area (Å²) in [4.78, 5) is 12.6. The molecule has 2 aromatic rings. The van der Waals surface area contributed by atoms with Crippen molar-refractivity contribution in [3.63, 3.8) is 0 Å². The second-order valence-electron chi connectivity index (χ2n) is 6.71. The van der Waals surface area contributed by atoms with Crippen molar-refractivity contribution in [2.24, 2.45) is 5.92 Å². The van der Waals surface area contributed by atoms with Crippen molar-refractivity contribution in [1.29, 1.82) is 0 Å². The van der Waals surface area contributed by atoms with Gasteiger partial charge in [-0.25, -0.2) is 8.42 Å². The first kappa shape index (κ1) is 20.1. The zero-order chi connectivity index (χ0) is 19.2. The van der Waals surface area contributed by atoms with Gasteiger partial charge in [-0.15, -0.1) is 0 Å². The SMILES string of the molecule is Cc1ccc(S(=O)(=O)N[C@@H](CC(C)C)C(=O)OCc2ccccc2)cc1. The van der Waals surface area contributed by atoms with Crippen molar-refractivity contribution < 1.29 is 17.9 Å². The van der Waals surface area contributed by atoms with E-state index in [-0.39, 0.29) is 17.4 Å². The summed E-state index contributed by atoms with van der Waals surface area (Å²) in [6, 6.07) is 14.9. The van der Waals surface area contributed by atoms with Gasteiger partial charge in [0.1, 0.15) is 12.6 Å². The number of benzene rings is 2. The Morgan fingerprint density at radius 1 is 1.04 bits per heavy atom. The Balaban J connectivity index is 2.10. The van der Waals surface area contributed by atoms with Gasteiger partial charge >= 0.3 is 5.97 Å². The molecule has 2 aromatic carbocycles. The molecule has 0 aliphatic rings. The van der Waals surface area contributed by atoms with Crippen molar-refractivity contribution in [2.75, 3.05) is 0 Å². The maximum absolute atomic E-state index is 12.6. The largest absolute Gasteiger partial charge is 0.460 e. The first-order chi connectivity index (χ1) is 12.3. The van der Waals surface area contributed by atoms with Gasteiger partial charge in [0.25, 0.3) is 0 Å². The number of sulfonamides is 1. The van der Waals surface area contributed by atoms with Crippen molar-refractivity contribution in [3.8, 4) is 0 Å². The molecule has 0 aromatic heterocycles. The maximum Gasteiger partial charge on any atom is 0.324 e. The summed E-state index contributed by atoms with van der Waals surface area (Å²) in [5, 5.41) is 0. The molecule has 2 rings (SSSR count). The maximum atomic E-state index is 12.6. The van der Waals surface area contributed by atoms with E-state index < -0.39 is 22.0 Å². The monoisotopic (exact) mass is 375 g/mol. The van der Waals surface area contributed by atoms with E-state index >= 15 is 0 Å². The Kier molecular flexibility index (Phi) is 6.94. The minimum Gasteiger partial charge on any atom is -0.460 e. The van der Waals surface area contributed by atoms with Gasteiger partial charge in [0, 0.05) is 0 Å². The lowest BCUT2D eigenvalue weighted by Crippen LogP contribution is -2.42. The molecule has 1 atom stereocenters. The summed E-state index contributed by atoms with van der Waals surface area (Å²) in [5.41, 5.74) is 1.82. The molecule has 5 nitrogen and oxygen atoms in total. The summed E-state index contributed by atoms with van der Waals surface area (Å²) in [6.07, 6.45) is 0.360. The van der Waals surface area contributed by atoms with Gasteiger partial charge in [-0.3, -0.25) is 4.79 Å². The van der Waals surface area contributed by atoms with Gasteiger partial charge in [-0.05, 0) is 37.0 Å². The fourth-order valence-corrected chi connectivity index (χ4v) is 3.66. The highest BCUT2D eigenvalue weighted by Crippen LogP contribution is 2.14. The summed E-state index contributed by atoms with van der Waals surface area (Å²) in [7, 11) is -3.80. The molecule has 0 saturated heterocycles. The lowest BCUT2D eigenvalue weighted by atomic mass is 10.1. The van der Waals surface area contributed by atoms with Crippen LogP contribution in [-0.4, -0.2) is 20.4 Å². The highest BCUT2D eigenvalue weighted by Gasteiger charge is 2.27. The molecule has 0 bridgehead atoms. The molecule has 0 unspecified atom stereocenters. The van der Waals surface area contributed by atoms with Crippen molar-refractivity contribution >= 4 is 16.0 Å². The van der Waals surface area contributed by atoms with Crippen LogP contribution in [0.5, 0.6) is 0 Å². The van der Waals surface area contributed by atoms with E-state index in [0.29, 0.717) is 6.42 Å². The van der Waals surface area contributed by atoms with Crippen LogP contribution in [0.1, 0.15) is 31.4 Å². The molecule has 0 amide bonds. The van der Waals surface area contributed by atoms with Crippen molar-refractivity contribution in [1.82, 2.24) is 4.72 Å². The summed E-state index contributed by atoms with van der Waals surface area (Å²) in [5.74, 6) is -0.441.